The van der Waals surface area contributed by atoms with Crippen LogP contribution < -0.4 is 0 Å². The van der Waals surface area contributed by atoms with Crippen LogP contribution in [0, 0.1) is 0 Å². The minimum atomic E-state index is 0.833. The van der Waals surface area contributed by atoms with E-state index in [9.17, 15) is 0 Å². The highest BCUT2D eigenvalue weighted by Crippen LogP contribution is 2.39. The van der Waals surface area contributed by atoms with Crippen LogP contribution in [0.15, 0.2) is 174 Å². The maximum absolute atomic E-state index is 6.28. The number of furan rings is 1. The van der Waals surface area contributed by atoms with Crippen molar-refractivity contribution in [3.63, 3.8) is 0 Å². The van der Waals surface area contributed by atoms with Crippen LogP contribution in [0.1, 0.15) is 0 Å². The standard InChI is InChI=1S/C47H28N4O/c1-6-16-39-31(11-1)32-12-2-7-17-40(32)49(39)29-21-23-43-36(25-29)33-13-3-8-18-41(33)50(43)30-22-24-44-37(26-30)34-14-4-9-19-42(34)51(44)47-27-46-38(28-48-47)35-15-5-10-20-45(35)52-46/h1-28H. The van der Waals surface area contributed by atoms with Gasteiger partial charge in [0.25, 0.3) is 0 Å². The fourth-order valence-corrected chi connectivity index (χ4v) is 8.66. The molecule has 52 heavy (non-hydrogen) atoms. The molecular weight excluding hydrogens is 637 g/mol. The van der Waals surface area contributed by atoms with E-state index in [1.165, 1.54) is 54.4 Å². The number of fused-ring (bicyclic) bond motifs is 12. The molecule has 5 heteroatoms. The lowest BCUT2D eigenvalue weighted by Gasteiger charge is -2.11. The Morgan fingerprint density at radius 2 is 0.750 bits per heavy atom. The number of pyridine rings is 1. The minimum absolute atomic E-state index is 0.833. The second-order valence-electron chi connectivity index (χ2n) is 13.6. The summed E-state index contributed by atoms with van der Waals surface area (Å²) in [6.45, 7) is 0. The molecule has 0 aliphatic rings. The van der Waals surface area contributed by atoms with E-state index in [0.717, 1.165) is 50.2 Å². The molecule has 0 unspecified atom stereocenters. The van der Waals surface area contributed by atoms with Crippen molar-refractivity contribution in [2.45, 2.75) is 0 Å². The van der Waals surface area contributed by atoms with Gasteiger partial charge in [0.2, 0.25) is 0 Å². The van der Waals surface area contributed by atoms with E-state index < -0.39 is 0 Å². The van der Waals surface area contributed by atoms with Gasteiger partial charge < -0.3 is 13.6 Å². The van der Waals surface area contributed by atoms with Crippen molar-refractivity contribution in [2.24, 2.45) is 0 Å². The van der Waals surface area contributed by atoms with Crippen LogP contribution in [0.2, 0.25) is 0 Å². The molecule has 0 atom stereocenters. The molecule has 5 aromatic heterocycles. The lowest BCUT2D eigenvalue weighted by molar-refractivity contribution is 0.668. The van der Waals surface area contributed by atoms with E-state index in [-0.39, 0.29) is 0 Å². The number of hydrogen-bond donors (Lipinski definition) is 0. The lowest BCUT2D eigenvalue weighted by atomic mass is 10.1. The van der Waals surface area contributed by atoms with Gasteiger partial charge in [0.1, 0.15) is 17.0 Å². The molecule has 0 spiro atoms. The number of benzene rings is 7. The number of rotatable bonds is 3. The van der Waals surface area contributed by atoms with E-state index in [2.05, 4.69) is 159 Å². The topological polar surface area (TPSA) is 40.8 Å². The first kappa shape index (κ1) is 27.7. The maximum atomic E-state index is 6.28. The largest absolute Gasteiger partial charge is 0.456 e. The summed E-state index contributed by atoms with van der Waals surface area (Å²) in [6, 6.07) is 58.7. The molecule has 0 amide bonds. The molecule has 0 aliphatic carbocycles. The Hall–Kier alpha value is -7.11. The molecule has 0 fully saturated rings. The van der Waals surface area contributed by atoms with Gasteiger partial charge in [0.15, 0.2) is 0 Å². The first-order valence-electron chi connectivity index (χ1n) is 17.6. The second-order valence-corrected chi connectivity index (χ2v) is 13.6. The molecule has 5 heterocycles. The van der Waals surface area contributed by atoms with Gasteiger partial charge in [-0.2, -0.15) is 0 Å². The molecule has 0 aliphatic heterocycles. The normalized spacial score (nSPS) is 12.2. The average Bonchev–Trinajstić information content (AvgIpc) is 3.93. The Balaban J connectivity index is 1.08. The molecule has 7 aromatic carbocycles. The molecule has 0 N–H and O–H groups in total. The third-order valence-electron chi connectivity index (χ3n) is 10.9. The van der Waals surface area contributed by atoms with Gasteiger partial charge in [-0.3, -0.25) is 4.57 Å². The zero-order valence-electron chi connectivity index (χ0n) is 27.9. The molecule has 12 rings (SSSR count). The van der Waals surface area contributed by atoms with Crippen molar-refractivity contribution in [2.75, 3.05) is 0 Å². The fourth-order valence-electron chi connectivity index (χ4n) is 8.66. The van der Waals surface area contributed by atoms with Crippen LogP contribution in [-0.2, 0) is 0 Å². The Labute approximate surface area is 296 Å². The van der Waals surface area contributed by atoms with Crippen molar-refractivity contribution in [3.05, 3.63) is 170 Å². The minimum Gasteiger partial charge on any atom is -0.456 e. The molecule has 0 radical (unpaired) electrons. The molecule has 12 aromatic rings. The summed E-state index contributed by atoms with van der Waals surface area (Å²) in [7, 11) is 0. The van der Waals surface area contributed by atoms with Gasteiger partial charge in [-0.25, -0.2) is 4.98 Å². The van der Waals surface area contributed by atoms with Gasteiger partial charge in [0.05, 0.1) is 33.1 Å². The Kier molecular flexibility index (Phi) is 5.44. The van der Waals surface area contributed by atoms with Crippen molar-refractivity contribution in [1.82, 2.24) is 18.7 Å². The van der Waals surface area contributed by atoms with Gasteiger partial charge in [0, 0.05) is 66.7 Å². The van der Waals surface area contributed by atoms with E-state index in [4.69, 9.17) is 9.40 Å². The third kappa shape index (κ3) is 3.69. The number of hydrogen-bond acceptors (Lipinski definition) is 2. The lowest BCUT2D eigenvalue weighted by Crippen LogP contribution is -1.98. The van der Waals surface area contributed by atoms with Crippen molar-refractivity contribution < 1.29 is 4.42 Å². The highest BCUT2D eigenvalue weighted by molar-refractivity contribution is 6.14. The highest BCUT2D eigenvalue weighted by atomic mass is 16.3. The summed E-state index contributed by atoms with van der Waals surface area (Å²) < 4.78 is 13.3. The number of aromatic nitrogens is 4. The van der Waals surface area contributed by atoms with Crippen molar-refractivity contribution >= 4 is 87.4 Å². The van der Waals surface area contributed by atoms with Crippen LogP contribution in [0.3, 0.4) is 0 Å². The first-order valence-corrected chi connectivity index (χ1v) is 17.6. The third-order valence-corrected chi connectivity index (χ3v) is 10.9. The maximum Gasteiger partial charge on any atom is 0.141 e. The summed E-state index contributed by atoms with van der Waals surface area (Å²) in [6.07, 6.45) is 1.94. The zero-order chi connectivity index (χ0) is 33.9. The molecule has 242 valence electrons. The van der Waals surface area contributed by atoms with Gasteiger partial charge in [-0.05, 0) is 66.7 Å². The van der Waals surface area contributed by atoms with Crippen LogP contribution in [0.25, 0.3) is 105 Å². The van der Waals surface area contributed by atoms with E-state index in [1.54, 1.807) is 0 Å². The average molecular weight is 665 g/mol. The number of nitrogens with zero attached hydrogens (tertiary/aromatic N) is 4. The molecule has 0 saturated heterocycles. The Morgan fingerprint density at radius 3 is 1.31 bits per heavy atom. The summed E-state index contributed by atoms with van der Waals surface area (Å²) in [5.74, 6) is 0.833. The van der Waals surface area contributed by atoms with E-state index >= 15 is 0 Å². The zero-order valence-corrected chi connectivity index (χ0v) is 27.9. The SMILES string of the molecule is c1ccc2c(c1)oc1cc(-n3c4ccccc4c4cc(-n5c6ccccc6c6cc(-n7c8ccccc8c8ccccc87)ccc65)ccc43)ncc12. The number of para-hydroxylation sites is 5. The van der Waals surface area contributed by atoms with Gasteiger partial charge >= 0.3 is 0 Å². The Bertz CT molecular complexity index is 3370. The predicted molar refractivity (Wildman–Crippen MR) is 215 cm³/mol. The smallest absolute Gasteiger partial charge is 0.141 e. The van der Waals surface area contributed by atoms with Crippen molar-refractivity contribution in [3.8, 4) is 17.2 Å². The van der Waals surface area contributed by atoms with Crippen LogP contribution in [0.5, 0.6) is 0 Å². The predicted octanol–water partition coefficient (Wildman–Crippen LogP) is 12.3. The molecule has 5 nitrogen and oxygen atoms in total. The van der Waals surface area contributed by atoms with E-state index in [1.807, 2.05) is 24.4 Å². The van der Waals surface area contributed by atoms with Crippen molar-refractivity contribution in [1.29, 1.82) is 0 Å². The van der Waals surface area contributed by atoms with E-state index in [0.29, 0.717) is 0 Å². The Morgan fingerprint density at radius 1 is 0.327 bits per heavy atom. The first-order chi connectivity index (χ1) is 25.8. The summed E-state index contributed by atoms with van der Waals surface area (Å²) in [5, 5.41) is 9.44. The quantitative estimate of drug-likeness (QED) is 0.189. The monoisotopic (exact) mass is 664 g/mol. The van der Waals surface area contributed by atoms with Crippen LogP contribution in [0.4, 0.5) is 0 Å². The molecule has 0 bridgehead atoms. The van der Waals surface area contributed by atoms with Gasteiger partial charge in [-0.15, -0.1) is 0 Å². The summed E-state index contributed by atoms with van der Waals surface area (Å²) in [4.78, 5) is 4.99. The second kappa shape index (κ2) is 10.2. The summed E-state index contributed by atoms with van der Waals surface area (Å²) >= 11 is 0. The highest BCUT2D eigenvalue weighted by Gasteiger charge is 2.19. The van der Waals surface area contributed by atoms with Crippen LogP contribution in [-0.4, -0.2) is 18.7 Å². The molecular formula is C47H28N4O. The van der Waals surface area contributed by atoms with Gasteiger partial charge in [-0.1, -0.05) is 91.0 Å². The fraction of sp³-hybridized carbons (Fsp3) is 0. The molecule has 0 saturated carbocycles. The van der Waals surface area contributed by atoms with Crippen LogP contribution >= 0.6 is 0 Å². The summed E-state index contributed by atoms with van der Waals surface area (Å²) in [5.41, 5.74) is 11.0.